The van der Waals surface area contributed by atoms with Gasteiger partial charge in [-0.05, 0) is 49.8 Å². The average Bonchev–Trinajstić information content (AvgIpc) is 3.58. The Morgan fingerprint density at radius 1 is 1.23 bits per heavy atom. The minimum absolute atomic E-state index is 0.0159. The third kappa shape index (κ3) is 5.39. The molecule has 2 aromatic heterocycles. The van der Waals surface area contributed by atoms with Gasteiger partial charge >= 0.3 is 6.08 Å². The fourth-order valence-electron chi connectivity index (χ4n) is 4.24. The number of hydrogen-bond donors (Lipinski definition) is 2. The molecule has 0 aliphatic carbocycles. The van der Waals surface area contributed by atoms with E-state index in [1.54, 1.807) is 25.1 Å². The van der Waals surface area contributed by atoms with Crippen LogP contribution in [0, 0.1) is 11.8 Å². The van der Waals surface area contributed by atoms with Crippen molar-refractivity contribution in [3.63, 3.8) is 0 Å². The minimum Gasteiger partial charge on any atom is -0.495 e. The van der Waals surface area contributed by atoms with E-state index in [1.165, 1.54) is 13.3 Å². The Morgan fingerprint density at radius 2 is 2.08 bits per heavy atom. The van der Waals surface area contributed by atoms with Gasteiger partial charge in [0.2, 0.25) is 0 Å². The molecule has 0 fully saturated rings. The van der Waals surface area contributed by atoms with Crippen LogP contribution >= 0.6 is 0 Å². The molecule has 2 aromatic carbocycles. The van der Waals surface area contributed by atoms with Crippen molar-refractivity contribution in [1.29, 1.82) is 0 Å². The molecule has 0 saturated carbocycles. The van der Waals surface area contributed by atoms with E-state index in [1.807, 2.05) is 13.0 Å². The molecule has 0 atom stereocenters. The summed E-state index contributed by atoms with van der Waals surface area (Å²) in [7, 11) is -2.69. The van der Waals surface area contributed by atoms with Gasteiger partial charge in [-0.1, -0.05) is 24.1 Å². The van der Waals surface area contributed by atoms with Crippen LogP contribution in [0.1, 0.15) is 37.2 Å². The minimum atomic E-state index is -4.10. The smallest absolute Gasteiger partial charge is 0.399 e. The fourth-order valence-corrected chi connectivity index (χ4v) is 5.47. The molecule has 13 heteroatoms. The highest BCUT2D eigenvalue weighted by molar-refractivity contribution is 7.92. The average molecular weight is 567 g/mol. The number of aromatic nitrogens is 2. The molecule has 5 rings (SSSR count). The Labute approximate surface area is 230 Å². The lowest BCUT2D eigenvalue weighted by Crippen LogP contribution is -2.20. The third-order valence-corrected chi connectivity index (χ3v) is 7.51. The van der Waals surface area contributed by atoms with Crippen molar-refractivity contribution in [2.24, 2.45) is 0 Å². The number of aryl methyl sites for hydroxylation is 1. The van der Waals surface area contributed by atoms with Crippen molar-refractivity contribution in [3.05, 3.63) is 47.3 Å². The molecule has 0 saturated heterocycles. The third-order valence-electron chi connectivity index (χ3n) is 6.14. The molecule has 12 nitrogen and oxygen atoms in total. The summed E-state index contributed by atoms with van der Waals surface area (Å²) in [4.78, 5) is 15.7. The lowest BCUT2D eigenvalue weighted by molar-refractivity contribution is -0.115. The Bertz CT molecular complexity index is 1750. The number of carbonyl (C=O) groups excluding carboxylic acids is 1. The number of rotatable bonds is 9. The van der Waals surface area contributed by atoms with Crippen molar-refractivity contribution in [2.75, 3.05) is 18.4 Å². The fraction of sp³-hybridized carbons (Fsp3) is 0.296. The van der Waals surface area contributed by atoms with Crippen LogP contribution in [0.15, 0.2) is 44.3 Å². The maximum absolute atomic E-state index is 13.4. The van der Waals surface area contributed by atoms with E-state index in [9.17, 15) is 13.2 Å². The van der Waals surface area contributed by atoms with Crippen LogP contribution in [-0.4, -0.2) is 38.2 Å². The second kappa shape index (κ2) is 11.2. The lowest BCUT2D eigenvalue weighted by Gasteiger charge is -2.20. The second-order valence-corrected chi connectivity index (χ2v) is 10.4. The molecule has 0 bridgehead atoms. The van der Waals surface area contributed by atoms with Gasteiger partial charge in [0, 0.05) is 11.6 Å². The molecular weight excluding hydrogens is 540 g/mol. The molecule has 0 unspecified atom stereocenters. The van der Waals surface area contributed by atoms with Crippen molar-refractivity contribution in [3.8, 4) is 35.2 Å². The quantitative estimate of drug-likeness (QED) is 0.285. The van der Waals surface area contributed by atoms with E-state index in [-0.39, 0.29) is 34.7 Å². The summed E-state index contributed by atoms with van der Waals surface area (Å²) in [6.07, 6.45) is 3.33. The first kappa shape index (κ1) is 26.9. The van der Waals surface area contributed by atoms with Gasteiger partial charge in [-0.2, -0.15) is 4.98 Å². The number of oxazole rings is 1. The van der Waals surface area contributed by atoms with Crippen LogP contribution in [0.4, 0.5) is 5.82 Å². The molecule has 3 heterocycles. The van der Waals surface area contributed by atoms with Crippen LogP contribution in [0.5, 0.6) is 23.3 Å². The molecule has 1 amide bonds. The van der Waals surface area contributed by atoms with Gasteiger partial charge in [0.05, 0.1) is 26.5 Å². The number of fused-ring (bicyclic) bond motifs is 3. The first-order valence-electron chi connectivity index (χ1n) is 12.4. The van der Waals surface area contributed by atoms with E-state index in [2.05, 4.69) is 32.0 Å². The van der Waals surface area contributed by atoms with E-state index in [0.717, 1.165) is 5.56 Å². The van der Waals surface area contributed by atoms with E-state index < -0.39 is 15.9 Å². The van der Waals surface area contributed by atoms with Gasteiger partial charge in [-0.25, -0.2) is 8.42 Å². The topological polar surface area (TPSA) is 155 Å². The number of anilines is 1. The molecule has 4 aromatic rings. The normalized spacial score (nSPS) is 12.6. The molecular formula is C27H26N4O8S. The van der Waals surface area contributed by atoms with Crippen LogP contribution in [-0.2, 0) is 34.2 Å². The zero-order chi connectivity index (χ0) is 28.3. The number of amides is 1. The highest BCUT2D eigenvalue weighted by atomic mass is 32.2. The molecule has 208 valence electrons. The summed E-state index contributed by atoms with van der Waals surface area (Å²) >= 11 is 0. The first-order chi connectivity index (χ1) is 19.3. The van der Waals surface area contributed by atoms with Crippen LogP contribution < -0.4 is 24.2 Å². The highest BCUT2D eigenvalue weighted by Crippen LogP contribution is 2.45. The van der Waals surface area contributed by atoms with Crippen LogP contribution in [0.2, 0.25) is 0 Å². The van der Waals surface area contributed by atoms with E-state index >= 15 is 0 Å². The second-order valence-electron chi connectivity index (χ2n) is 8.74. The van der Waals surface area contributed by atoms with E-state index in [4.69, 9.17) is 23.2 Å². The Balaban J connectivity index is 1.46. The lowest BCUT2D eigenvalue weighted by atomic mass is 10.0. The number of ether oxygens (including phenoxy) is 3. The number of nitrogens with zero attached hydrogens (tertiary/aromatic N) is 2. The highest BCUT2D eigenvalue weighted by Gasteiger charge is 2.29. The van der Waals surface area contributed by atoms with Gasteiger partial charge in [-0.3, -0.25) is 9.52 Å². The molecule has 1 aliphatic heterocycles. The van der Waals surface area contributed by atoms with E-state index in [0.29, 0.717) is 54.1 Å². The largest absolute Gasteiger partial charge is 0.495 e. The first-order valence-corrected chi connectivity index (χ1v) is 13.9. The molecule has 1 aliphatic rings. The van der Waals surface area contributed by atoms with Crippen LogP contribution in [0.3, 0.4) is 0 Å². The SMILES string of the molecule is CC#CC(=O)NCc1cnc(Oc2cc3onc(NS(=O)(=O)c4cc(CC)ccc4OC)c3c3c2CCCO3)o1. The molecule has 2 N–H and O–H groups in total. The van der Waals surface area contributed by atoms with Crippen molar-refractivity contribution in [2.45, 2.75) is 44.6 Å². The Kier molecular flexibility index (Phi) is 7.52. The zero-order valence-electron chi connectivity index (χ0n) is 22.0. The summed E-state index contributed by atoms with van der Waals surface area (Å²) in [6.45, 7) is 4.00. The Morgan fingerprint density at radius 3 is 2.85 bits per heavy atom. The van der Waals surface area contributed by atoms with Crippen molar-refractivity contribution in [1.82, 2.24) is 15.5 Å². The Hall–Kier alpha value is -4.70. The maximum atomic E-state index is 13.4. The maximum Gasteiger partial charge on any atom is 0.399 e. The van der Waals surface area contributed by atoms with Gasteiger partial charge in [0.1, 0.15) is 33.3 Å². The van der Waals surface area contributed by atoms with Crippen LogP contribution in [0.25, 0.3) is 11.0 Å². The summed E-state index contributed by atoms with van der Waals surface area (Å²) in [6, 6.07) is 6.57. The van der Waals surface area contributed by atoms with Crippen molar-refractivity contribution < 1.29 is 36.4 Å². The van der Waals surface area contributed by atoms with Gasteiger partial charge in [0.15, 0.2) is 11.4 Å². The van der Waals surface area contributed by atoms with Gasteiger partial charge in [0.25, 0.3) is 15.9 Å². The summed E-state index contributed by atoms with van der Waals surface area (Å²) in [5.41, 5.74) is 1.75. The molecule has 0 radical (unpaired) electrons. The standard InChI is InChI=1S/C27H26N4O8S/c1-4-7-23(32)28-14-17-15-29-27(37-17)38-20-13-21-24(25-18(20)8-6-11-36-25)26(30-39-21)31-40(33,34)22-12-16(5-2)9-10-19(22)35-3/h9-10,12-13,15H,5-6,8,11,14H2,1-3H3,(H,28,32)(H,30,31). The molecule has 40 heavy (non-hydrogen) atoms. The zero-order valence-corrected chi connectivity index (χ0v) is 22.8. The number of methoxy groups -OCH3 is 1. The number of hydrogen-bond acceptors (Lipinski definition) is 10. The van der Waals surface area contributed by atoms with Crippen molar-refractivity contribution >= 4 is 32.7 Å². The summed E-state index contributed by atoms with van der Waals surface area (Å²) in [5, 5.41) is 6.94. The number of benzene rings is 2. The van der Waals surface area contributed by atoms with Gasteiger partial charge < -0.3 is 28.5 Å². The summed E-state index contributed by atoms with van der Waals surface area (Å²) < 4.78 is 57.6. The number of nitrogens with one attached hydrogen (secondary N) is 2. The predicted octanol–water partition coefficient (Wildman–Crippen LogP) is 3.94. The van der Waals surface area contributed by atoms with Gasteiger partial charge in [-0.15, -0.1) is 0 Å². The predicted molar refractivity (Wildman–Crippen MR) is 143 cm³/mol. The summed E-state index contributed by atoms with van der Waals surface area (Å²) in [5.74, 6) is 5.76. The molecule has 0 spiro atoms. The number of sulfonamides is 1. The monoisotopic (exact) mass is 566 g/mol. The number of carbonyl (C=O) groups is 1.